The lowest BCUT2D eigenvalue weighted by Gasteiger charge is -2.11. The number of ether oxygens (including phenoxy) is 2. The van der Waals surface area contributed by atoms with E-state index in [-0.39, 0.29) is 11.3 Å². The third-order valence-corrected chi connectivity index (χ3v) is 1.88. The van der Waals surface area contributed by atoms with Crippen LogP contribution < -0.4 is 9.47 Å². The highest BCUT2D eigenvalue weighted by Crippen LogP contribution is 2.30. The Kier molecular flexibility index (Phi) is 3.97. The Morgan fingerprint density at radius 2 is 2.20 bits per heavy atom. The molecule has 1 rings (SSSR count). The van der Waals surface area contributed by atoms with Gasteiger partial charge in [0.2, 0.25) is 0 Å². The normalized spacial score (nSPS) is 9.73. The molecule has 1 aromatic rings. The highest BCUT2D eigenvalue weighted by Gasteiger charge is 2.15. The largest absolute Gasteiger partial charge is 0.492 e. The van der Waals surface area contributed by atoms with Gasteiger partial charge in [0.25, 0.3) is 0 Å². The summed E-state index contributed by atoms with van der Waals surface area (Å²) in [5.74, 6) is -0.272. The van der Waals surface area contributed by atoms with E-state index in [4.69, 9.17) is 14.6 Å². The minimum absolute atomic E-state index is 0.117. The minimum atomic E-state index is -1.02. The van der Waals surface area contributed by atoms with Gasteiger partial charge in [0.1, 0.15) is 5.56 Å². The molecule has 0 atom stereocenters. The zero-order valence-electron chi connectivity index (χ0n) is 8.82. The van der Waals surface area contributed by atoms with Gasteiger partial charge in [-0.2, -0.15) is 0 Å². The lowest BCUT2D eigenvalue weighted by molar-refractivity contribution is 0.0692. The molecule has 0 radical (unpaired) electrons. The first kappa shape index (κ1) is 11.4. The van der Waals surface area contributed by atoms with Crippen molar-refractivity contribution in [2.24, 2.45) is 0 Å². The van der Waals surface area contributed by atoms with Crippen LogP contribution in [0.5, 0.6) is 11.5 Å². The molecule has 0 amide bonds. The highest BCUT2D eigenvalue weighted by atomic mass is 16.5. The van der Waals surface area contributed by atoms with E-state index in [9.17, 15) is 4.79 Å². The molecule has 0 saturated carbocycles. The van der Waals surface area contributed by atoms with Gasteiger partial charge in [0, 0.05) is 0 Å². The van der Waals surface area contributed by atoms with Gasteiger partial charge in [-0.25, -0.2) is 4.79 Å². The Hall–Kier alpha value is -1.71. The van der Waals surface area contributed by atoms with Crippen LogP contribution in [0, 0.1) is 0 Å². The maximum atomic E-state index is 10.9. The smallest absolute Gasteiger partial charge is 0.339 e. The van der Waals surface area contributed by atoms with E-state index in [2.05, 4.69) is 0 Å². The molecule has 1 N–H and O–H groups in total. The lowest BCUT2D eigenvalue weighted by Crippen LogP contribution is -2.04. The summed E-state index contributed by atoms with van der Waals surface area (Å²) in [6, 6.07) is 4.82. The van der Waals surface area contributed by atoms with Crippen molar-refractivity contribution in [1.29, 1.82) is 0 Å². The quantitative estimate of drug-likeness (QED) is 0.809. The Morgan fingerprint density at radius 1 is 1.47 bits per heavy atom. The number of carboxylic acids is 1. The second kappa shape index (κ2) is 5.24. The monoisotopic (exact) mass is 210 g/mol. The molecule has 4 nitrogen and oxygen atoms in total. The Labute approximate surface area is 88.4 Å². The lowest BCUT2D eigenvalue weighted by atomic mass is 10.2. The van der Waals surface area contributed by atoms with Crippen LogP contribution in [0.3, 0.4) is 0 Å². The van der Waals surface area contributed by atoms with Gasteiger partial charge < -0.3 is 14.6 Å². The molecule has 0 aliphatic rings. The van der Waals surface area contributed by atoms with Gasteiger partial charge in [-0.05, 0) is 18.6 Å². The van der Waals surface area contributed by atoms with Crippen LogP contribution in [0.1, 0.15) is 23.7 Å². The Morgan fingerprint density at radius 3 is 2.73 bits per heavy atom. The van der Waals surface area contributed by atoms with E-state index in [1.54, 1.807) is 12.1 Å². The van der Waals surface area contributed by atoms with Crippen molar-refractivity contribution < 1.29 is 19.4 Å². The molecule has 0 heterocycles. The number of benzene rings is 1. The highest BCUT2D eigenvalue weighted by molar-refractivity contribution is 5.92. The van der Waals surface area contributed by atoms with Gasteiger partial charge in [0.05, 0.1) is 13.7 Å². The number of hydrogen-bond donors (Lipinski definition) is 1. The summed E-state index contributed by atoms with van der Waals surface area (Å²) in [5, 5.41) is 8.91. The molecule has 0 saturated heterocycles. The van der Waals surface area contributed by atoms with Crippen molar-refractivity contribution in [3.8, 4) is 11.5 Å². The maximum absolute atomic E-state index is 10.9. The zero-order chi connectivity index (χ0) is 11.3. The van der Waals surface area contributed by atoms with Crippen molar-refractivity contribution in [1.82, 2.24) is 0 Å². The standard InChI is InChI=1S/C11H14O4/c1-3-7-15-9-6-4-5-8(11(12)13)10(9)14-2/h4-6H,3,7H2,1-2H3,(H,12,13). The first-order valence-corrected chi connectivity index (χ1v) is 4.73. The molecule has 0 aliphatic carbocycles. The number of para-hydroxylation sites is 1. The predicted octanol–water partition coefficient (Wildman–Crippen LogP) is 2.18. The fourth-order valence-electron chi connectivity index (χ4n) is 1.22. The third-order valence-electron chi connectivity index (χ3n) is 1.88. The average molecular weight is 210 g/mol. The Bertz CT molecular complexity index is 346. The van der Waals surface area contributed by atoms with E-state index in [1.807, 2.05) is 6.92 Å². The first-order chi connectivity index (χ1) is 7.20. The fourth-order valence-corrected chi connectivity index (χ4v) is 1.22. The van der Waals surface area contributed by atoms with Crippen molar-refractivity contribution in [3.63, 3.8) is 0 Å². The van der Waals surface area contributed by atoms with Crippen LogP contribution in [0.4, 0.5) is 0 Å². The molecule has 0 bridgehead atoms. The SMILES string of the molecule is CCCOc1cccc(C(=O)O)c1OC. The second-order valence-electron chi connectivity index (χ2n) is 2.99. The van der Waals surface area contributed by atoms with Crippen LogP contribution in [0.15, 0.2) is 18.2 Å². The number of aromatic carboxylic acids is 1. The van der Waals surface area contributed by atoms with Crippen LogP contribution in [0.2, 0.25) is 0 Å². The van der Waals surface area contributed by atoms with Crippen LogP contribution in [0.25, 0.3) is 0 Å². The van der Waals surface area contributed by atoms with Crippen molar-refractivity contribution >= 4 is 5.97 Å². The number of rotatable bonds is 5. The summed E-state index contributed by atoms with van der Waals surface area (Å²) >= 11 is 0. The molecule has 1 aromatic carbocycles. The molecule has 0 unspecified atom stereocenters. The molecule has 0 aromatic heterocycles. The van der Waals surface area contributed by atoms with Crippen molar-refractivity contribution in [2.75, 3.05) is 13.7 Å². The maximum Gasteiger partial charge on any atom is 0.339 e. The number of carboxylic acid groups (broad SMARTS) is 1. The van der Waals surface area contributed by atoms with Gasteiger partial charge in [-0.3, -0.25) is 0 Å². The summed E-state index contributed by atoms with van der Waals surface area (Å²) in [6.45, 7) is 2.52. The minimum Gasteiger partial charge on any atom is -0.492 e. The van der Waals surface area contributed by atoms with Crippen LogP contribution in [-0.2, 0) is 0 Å². The summed E-state index contributed by atoms with van der Waals surface area (Å²) in [4.78, 5) is 10.9. The van der Waals surface area contributed by atoms with E-state index in [0.29, 0.717) is 12.4 Å². The topological polar surface area (TPSA) is 55.8 Å². The fraction of sp³-hybridized carbons (Fsp3) is 0.364. The zero-order valence-corrected chi connectivity index (χ0v) is 8.82. The van der Waals surface area contributed by atoms with Crippen molar-refractivity contribution in [2.45, 2.75) is 13.3 Å². The van der Waals surface area contributed by atoms with Gasteiger partial charge in [-0.15, -0.1) is 0 Å². The molecule has 82 valence electrons. The van der Waals surface area contributed by atoms with Gasteiger partial charge in [-0.1, -0.05) is 13.0 Å². The molecular formula is C11H14O4. The molecule has 15 heavy (non-hydrogen) atoms. The van der Waals surface area contributed by atoms with Crippen LogP contribution in [-0.4, -0.2) is 24.8 Å². The summed E-state index contributed by atoms with van der Waals surface area (Å²) < 4.78 is 10.4. The van der Waals surface area contributed by atoms with E-state index in [1.165, 1.54) is 13.2 Å². The van der Waals surface area contributed by atoms with Crippen molar-refractivity contribution in [3.05, 3.63) is 23.8 Å². The summed E-state index contributed by atoms with van der Waals surface area (Å²) in [6.07, 6.45) is 0.862. The first-order valence-electron chi connectivity index (χ1n) is 4.73. The number of hydrogen-bond acceptors (Lipinski definition) is 3. The average Bonchev–Trinajstić information content (AvgIpc) is 2.25. The number of methoxy groups -OCH3 is 1. The molecule has 0 fully saturated rings. The van der Waals surface area contributed by atoms with E-state index in [0.717, 1.165) is 6.42 Å². The Balaban J connectivity index is 3.04. The second-order valence-corrected chi connectivity index (χ2v) is 2.99. The number of carbonyl (C=O) groups is 1. The molecular weight excluding hydrogens is 196 g/mol. The summed E-state index contributed by atoms with van der Waals surface area (Å²) in [7, 11) is 1.43. The van der Waals surface area contributed by atoms with E-state index >= 15 is 0 Å². The summed E-state index contributed by atoms with van der Waals surface area (Å²) in [5.41, 5.74) is 0.117. The molecule has 4 heteroatoms. The molecule has 0 aliphatic heterocycles. The van der Waals surface area contributed by atoms with Crippen LogP contribution >= 0.6 is 0 Å². The van der Waals surface area contributed by atoms with Gasteiger partial charge in [0.15, 0.2) is 11.5 Å². The van der Waals surface area contributed by atoms with Gasteiger partial charge >= 0.3 is 5.97 Å². The predicted molar refractivity (Wildman–Crippen MR) is 55.7 cm³/mol. The third kappa shape index (κ3) is 2.62. The van der Waals surface area contributed by atoms with E-state index < -0.39 is 5.97 Å². The molecule has 0 spiro atoms.